The molecule has 0 aromatic carbocycles. The maximum Gasteiger partial charge on any atom is 0.169 e. The van der Waals surface area contributed by atoms with Crippen LogP contribution in [0.25, 0.3) is 11.3 Å². The summed E-state index contributed by atoms with van der Waals surface area (Å²) < 4.78 is 4.87. The van der Waals surface area contributed by atoms with Gasteiger partial charge >= 0.3 is 0 Å². The van der Waals surface area contributed by atoms with Crippen LogP contribution < -0.4 is 0 Å². The van der Waals surface area contributed by atoms with Gasteiger partial charge in [-0.2, -0.15) is 0 Å². The van der Waals surface area contributed by atoms with Crippen molar-refractivity contribution in [2.75, 3.05) is 0 Å². The highest BCUT2D eigenvalue weighted by molar-refractivity contribution is 5.54. The Morgan fingerprint density at radius 3 is 3.09 bits per heavy atom. The van der Waals surface area contributed by atoms with Gasteiger partial charge in [-0.3, -0.25) is 4.98 Å². The third-order valence-corrected chi connectivity index (χ3v) is 1.34. The SMILES string of the molecule is [c]1cc(-c2cccnc2)on1. The fraction of sp³-hybridized carbons (Fsp3) is 0. The Bertz CT molecular complexity index is 315. The summed E-state index contributed by atoms with van der Waals surface area (Å²) in [7, 11) is 0. The minimum absolute atomic E-state index is 0.693. The maximum atomic E-state index is 4.87. The number of rotatable bonds is 1. The molecule has 0 unspecified atom stereocenters. The van der Waals surface area contributed by atoms with E-state index in [2.05, 4.69) is 16.3 Å². The molecule has 11 heavy (non-hydrogen) atoms. The van der Waals surface area contributed by atoms with E-state index in [1.807, 2.05) is 12.1 Å². The lowest BCUT2D eigenvalue weighted by atomic mass is 10.2. The molecule has 2 aromatic heterocycles. The van der Waals surface area contributed by atoms with E-state index in [4.69, 9.17) is 4.52 Å². The maximum absolute atomic E-state index is 4.87. The highest BCUT2D eigenvalue weighted by Gasteiger charge is 1.98. The van der Waals surface area contributed by atoms with Crippen LogP contribution >= 0.6 is 0 Å². The first-order valence-corrected chi connectivity index (χ1v) is 3.20. The number of pyridine rings is 1. The van der Waals surface area contributed by atoms with Crippen molar-refractivity contribution in [1.29, 1.82) is 0 Å². The minimum Gasteiger partial charge on any atom is -0.356 e. The third-order valence-electron chi connectivity index (χ3n) is 1.34. The lowest BCUT2D eigenvalue weighted by molar-refractivity contribution is 0.430. The van der Waals surface area contributed by atoms with Crippen molar-refractivity contribution in [2.45, 2.75) is 0 Å². The first kappa shape index (κ1) is 6.09. The molecule has 0 N–H and O–H groups in total. The van der Waals surface area contributed by atoms with Crippen LogP contribution in [-0.4, -0.2) is 10.1 Å². The fourth-order valence-corrected chi connectivity index (χ4v) is 0.831. The fourth-order valence-electron chi connectivity index (χ4n) is 0.831. The zero-order valence-corrected chi connectivity index (χ0v) is 5.69. The van der Waals surface area contributed by atoms with E-state index in [0.29, 0.717) is 5.76 Å². The Morgan fingerprint density at radius 2 is 2.45 bits per heavy atom. The van der Waals surface area contributed by atoms with E-state index < -0.39 is 0 Å². The van der Waals surface area contributed by atoms with Gasteiger partial charge in [0, 0.05) is 24.0 Å². The molecule has 0 bridgehead atoms. The van der Waals surface area contributed by atoms with Gasteiger partial charge in [-0.15, -0.1) is 0 Å². The van der Waals surface area contributed by atoms with Crippen molar-refractivity contribution in [3.63, 3.8) is 0 Å². The highest BCUT2D eigenvalue weighted by Crippen LogP contribution is 2.15. The lowest BCUT2D eigenvalue weighted by Crippen LogP contribution is -1.73. The second-order valence-electron chi connectivity index (χ2n) is 2.06. The van der Waals surface area contributed by atoms with Crippen LogP contribution in [0, 0.1) is 6.20 Å². The van der Waals surface area contributed by atoms with Gasteiger partial charge in [0.2, 0.25) is 0 Å². The summed E-state index contributed by atoms with van der Waals surface area (Å²) in [5.41, 5.74) is 0.918. The molecule has 0 aliphatic rings. The van der Waals surface area contributed by atoms with E-state index >= 15 is 0 Å². The number of nitrogens with zero attached hydrogens (tertiary/aromatic N) is 2. The van der Waals surface area contributed by atoms with E-state index in [9.17, 15) is 0 Å². The molecule has 2 heterocycles. The molecule has 0 saturated heterocycles. The molecule has 0 saturated carbocycles. The first-order chi connectivity index (χ1) is 5.47. The summed E-state index contributed by atoms with van der Waals surface area (Å²) in [5, 5.41) is 3.47. The van der Waals surface area contributed by atoms with Gasteiger partial charge in [0.05, 0.1) is 0 Å². The van der Waals surface area contributed by atoms with Gasteiger partial charge in [-0.1, -0.05) is 5.16 Å². The minimum atomic E-state index is 0.693. The normalized spacial score (nSPS) is 9.82. The van der Waals surface area contributed by atoms with Gasteiger partial charge in [0.25, 0.3) is 0 Å². The smallest absolute Gasteiger partial charge is 0.169 e. The van der Waals surface area contributed by atoms with Crippen LogP contribution in [0.3, 0.4) is 0 Å². The molecule has 1 radical (unpaired) electrons. The van der Waals surface area contributed by atoms with Crippen LogP contribution in [0.5, 0.6) is 0 Å². The molecule has 0 aliphatic heterocycles. The monoisotopic (exact) mass is 145 g/mol. The summed E-state index contributed by atoms with van der Waals surface area (Å²) in [6, 6.07) is 5.43. The molecule has 53 valence electrons. The van der Waals surface area contributed by atoms with E-state index in [0.717, 1.165) is 5.56 Å². The molecular formula is C8H5N2O. The van der Waals surface area contributed by atoms with Crippen LogP contribution in [-0.2, 0) is 0 Å². The zero-order valence-electron chi connectivity index (χ0n) is 5.69. The predicted molar refractivity (Wildman–Crippen MR) is 38.6 cm³/mol. The molecule has 0 aliphatic carbocycles. The van der Waals surface area contributed by atoms with E-state index in [1.165, 1.54) is 0 Å². The van der Waals surface area contributed by atoms with Crippen molar-refractivity contribution in [3.05, 3.63) is 36.8 Å². The second-order valence-corrected chi connectivity index (χ2v) is 2.06. The molecule has 2 rings (SSSR count). The molecule has 0 amide bonds. The Kier molecular flexibility index (Phi) is 1.41. The molecule has 3 nitrogen and oxygen atoms in total. The summed E-state index contributed by atoms with van der Waals surface area (Å²) in [4.78, 5) is 3.94. The van der Waals surface area contributed by atoms with Gasteiger partial charge in [-0.25, -0.2) is 0 Å². The largest absolute Gasteiger partial charge is 0.356 e. The van der Waals surface area contributed by atoms with Crippen molar-refractivity contribution >= 4 is 0 Å². The number of aromatic nitrogens is 2. The Balaban J connectivity index is 2.46. The average Bonchev–Trinajstić information content (AvgIpc) is 2.58. The second kappa shape index (κ2) is 2.54. The third kappa shape index (κ3) is 1.12. The van der Waals surface area contributed by atoms with Crippen molar-refractivity contribution in [3.8, 4) is 11.3 Å². The van der Waals surface area contributed by atoms with Crippen LogP contribution in [0.2, 0.25) is 0 Å². The van der Waals surface area contributed by atoms with Crippen molar-refractivity contribution < 1.29 is 4.52 Å². The molecular weight excluding hydrogens is 140 g/mol. The lowest BCUT2D eigenvalue weighted by Gasteiger charge is -1.90. The highest BCUT2D eigenvalue weighted by atomic mass is 16.5. The summed E-state index contributed by atoms with van der Waals surface area (Å²) in [6.07, 6.45) is 6.01. The standard InChI is InChI=1S/C8H5N2O/c1-2-7(6-9-4-1)8-3-5-10-11-8/h1-4,6H. The van der Waals surface area contributed by atoms with Gasteiger partial charge in [0.1, 0.15) is 6.20 Å². The quantitative estimate of drug-likeness (QED) is 0.610. The van der Waals surface area contributed by atoms with Crippen LogP contribution in [0.15, 0.2) is 35.1 Å². The average molecular weight is 145 g/mol. The van der Waals surface area contributed by atoms with Gasteiger partial charge in [0.15, 0.2) is 5.76 Å². The van der Waals surface area contributed by atoms with Crippen molar-refractivity contribution in [2.24, 2.45) is 0 Å². The van der Waals surface area contributed by atoms with E-state index in [1.54, 1.807) is 18.5 Å². The van der Waals surface area contributed by atoms with Crippen LogP contribution in [0.1, 0.15) is 0 Å². The summed E-state index contributed by atoms with van der Waals surface area (Å²) in [5.74, 6) is 0.693. The topological polar surface area (TPSA) is 38.9 Å². The molecule has 2 aromatic rings. The molecule has 0 spiro atoms. The zero-order chi connectivity index (χ0) is 7.52. The number of hydrogen-bond acceptors (Lipinski definition) is 3. The molecule has 3 heteroatoms. The Morgan fingerprint density at radius 1 is 1.45 bits per heavy atom. The van der Waals surface area contributed by atoms with E-state index in [-0.39, 0.29) is 0 Å². The van der Waals surface area contributed by atoms with Crippen molar-refractivity contribution in [1.82, 2.24) is 10.1 Å². The summed E-state index contributed by atoms with van der Waals surface area (Å²) in [6.45, 7) is 0. The Labute approximate surface area is 63.7 Å². The van der Waals surface area contributed by atoms with Gasteiger partial charge in [-0.05, 0) is 12.1 Å². The first-order valence-electron chi connectivity index (χ1n) is 3.20. The summed E-state index contributed by atoms with van der Waals surface area (Å²) >= 11 is 0. The van der Waals surface area contributed by atoms with Crippen LogP contribution in [0.4, 0.5) is 0 Å². The Hall–Kier alpha value is -1.64. The number of hydrogen-bond donors (Lipinski definition) is 0. The molecule has 0 atom stereocenters. The molecule has 0 fully saturated rings. The predicted octanol–water partition coefficient (Wildman–Crippen LogP) is 1.54. The van der Waals surface area contributed by atoms with Gasteiger partial charge < -0.3 is 4.52 Å².